The molecule has 0 fully saturated rings. The van der Waals surface area contributed by atoms with Gasteiger partial charge < -0.3 is 0 Å². The predicted octanol–water partition coefficient (Wildman–Crippen LogP) is 4.87. The van der Waals surface area contributed by atoms with Crippen LogP contribution in [0, 0.1) is 0 Å². The Labute approximate surface area is 128 Å². The number of carbonyl (C=O) groups excluding carboxylic acids is 1. The van der Waals surface area contributed by atoms with Crippen molar-refractivity contribution in [2.75, 3.05) is 0 Å². The summed E-state index contributed by atoms with van der Waals surface area (Å²) in [7, 11) is 0. The molecule has 3 aromatic carbocycles. The van der Waals surface area contributed by atoms with Gasteiger partial charge in [-0.05, 0) is 21.7 Å². The highest BCUT2D eigenvalue weighted by Gasteiger charge is 2.10. The molecule has 4 rings (SSSR count). The molecule has 0 bridgehead atoms. The van der Waals surface area contributed by atoms with E-state index in [1.54, 1.807) is 6.20 Å². The van der Waals surface area contributed by atoms with Crippen LogP contribution in [-0.4, -0.2) is 11.3 Å². The number of benzene rings is 3. The van der Waals surface area contributed by atoms with Crippen LogP contribution in [0.4, 0.5) is 0 Å². The van der Waals surface area contributed by atoms with Crippen LogP contribution in [0.25, 0.3) is 32.7 Å². The first-order valence-electron chi connectivity index (χ1n) is 7.19. The summed E-state index contributed by atoms with van der Waals surface area (Å²) in [6, 6.07) is 22.5. The lowest BCUT2D eigenvalue weighted by atomic mass is 9.95. The molecule has 0 spiro atoms. The minimum absolute atomic E-state index is 0.486. The summed E-state index contributed by atoms with van der Waals surface area (Å²) in [6.07, 6.45) is 2.61. The topological polar surface area (TPSA) is 30.0 Å². The molecule has 1 aromatic heterocycles. The van der Waals surface area contributed by atoms with Gasteiger partial charge in [0, 0.05) is 17.1 Å². The highest BCUT2D eigenvalue weighted by atomic mass is 16.1. The Bertz CT molecular complexity index is 999. The van der Waals surface area contributed by atoms with Crippen LogP contribution >= 0.6 is 0 Å². The third-order valence-corrected chi connectivity index (χ3v) is 4.02. The van der Waals surface area contributed by atoms with Crippen molar-refractivity contribution < 1.29 is 4.79 Å². The molecule has 0 aliphatic heterocycles. The average Bonchev–Trinajstić information content (AvgIpc) is 2.60. The largest absolute Gasteiger partial charge is 0.296 e. The van der Waals surface area contributed by atoms with Gasteiger partial charge in [-0.1, -0.05) is 66.7 Å². The summed E-state index contributed by atoms with van der Waals surface area (Å²) in [5, 5.41) is 4.33. The van der Waals surface area contributed by atoms with Gasteiger partial charge in [-0.2, -0.15) is 0 Å². The average molecular weight is 283 g/mol. The Kier molecular flexibility index (Phi) is 2.94. The summed E-state index contributed by atoms with van der Waals surface area (Å²) in [5.74, 6) is 0. The SMILES string of the molecule is O=Cc1ncc(-c2cccc3ccccc23)c2ccccc12. The molecule has 0 saturated carbocycles. The lowest BCUT2D eigenvalue weighted by Gasteiger charge is -2.10. The summed E-state index contributed by atoms with van der Waals surface area (Å²) in [5.41, 5.74) is 2.68. The fourth-order valence-electron chi connectivity index (χ4n) is 2.98. The van der Waals surface area contributed by atoms with E-state index < -0.39 is 0 Å². The van der Waals surface area contributed by atoms with Crippen molar-refractivity contribution in [1.29, 1.82) is 0 Å². The molecule has 0 radical (unpaired) electrons. The lowest BCUT2D eigenvalue weighted by molar-refractivity contribution is 0.112. The molecule has 0 aliphatic carbocycles. The smallest absolute Gasteiger partial charge is 0.169 e. The number of nitrogens with zero attached hydrogens (tertiary/aromatic N) is 1. The molecular weight excluding hydrogens is 270 g/mol. The van der Waals surface area contributed by atoms with Gasteiger partial charge in [-0.15, -0.1) is 0 Å². The van der Waals surface area contributed by atoms with Crippen LogP contribution in [0.5, 0.6) is 0 Å². The first-order valence-corrected chi connectivity index (χ1v) is 7.19. The fraction of sp³-hybridized carbons (Fsp3) is 0. The standard InChI is InChI=1S/C20H13NO/c22-13-20-18-10-4-3-9-17(18)19(12-21-20)16-11-5-7-14-6-1-2-8-15(14)16/h1-13H. The van der Waals surface area contributed by atoms with Crippen LogP contribution in [0.15, 0.2) is 72.9 Å². The molecule has 0 N–H and O–H groups in total. The number of hydrogen-bond acceptors (Lipinski definition) is 2. The van der Waals surface area contributed by atoms with Crippen molar-refractivity contribution in [3.8, 4) is 11.1 Å². The molecule has 22 heavy (non-hydrogen) atoms. The van der Waals surface area contributed by atoms with Gasteiger partial charge in [0.25, 0.3) is 0 Å². The molecule has 1 heterocycles. The third-order valence-electron chi connectivity index (χ3n) is 4.02. The first-order chi connectivity index (χ1) is 10.9. The summed E-state index contributed by atoms with van der Waals surface area (Å²) in [6.45, 7) is 0. The maximum absolute atomic E-state index is 11.2. The number of aldehydes is 1. The zero-order chi connectivity index (χ0) is 14.9. The predicted molar refractivity (Wildman–Crippen MR) is 90.1 cm³/mol. The molecule has 4 aromatic rings. The molecule has 0 aliphatic rings. The summed E-state index contributed by atoms with van der Waals surface area (Å²) >= 11 is 0. The van der Waals surface area contributed by atoms with Crippen molar-refractivity contribution in [1.82, 2.24) is 4.98 Å². The maximum atomic E-state index is 11.2. The van der Waals surface area contributed by atoms with E-state index in [9.17, 15) is 4.79 Å². The van der Waals surface area contributed by atoms with Crippen LogP contribution in [0.1, 0.15) is 10.5 Å². The van der Waals surface area contributed by atoms with Gasteiger partial charge in [0.15, 0.2) is 6.29 Å². The highest BCUT2D eigenvalue weighted by Crippen LogP contribution is 2.33. The van der Waals surface area contributed by atoms with Crippen LogP contribution in [0.2, 0.25) is 0 Å². The number of rotatable bonds is 2. The number of aromatic nitrogens is 1. The van der Waals surface area contributed by atoms with E-state index >= 15 is 0 Å². The minimum Gasteiger partial charge on any atom is -0.296 e. The summed E-state index contributed by atoms with van der Waals surface area (Å²) in [4.78, 5) is 15.6. The van der Waals surface area contributed by atoms with E-state index in [1.807, 2.05) is 36.4 Å². The van der Waals surface area contributed by atoms with Crippen molar-refractivity contribution >= 4 is 27.8 Å². The van der Waals surface area contributed by atoms with Gasteiger partial charge in [0.2, 0.25) is 0 Å². The Morgan fingerprint density at radius 3 is 2.18 bits per heavy atom. The maximum Gasteiger partial charge on any atom is 0.169 e. The Hall–Kier alpha value is -3.00. The monoisotopic (exact) mass is 283 g/mol. The second kappa shape index (κ2) is 5.08. The zero-order valence-corrected chi connectivity index (χ0v) is 11.9. The van der Waals surface area contributed by atoms with Crippen molar-refractivity contribution in [2.45, 2.75) is 0 Å². The molecule has 0 unspecified atom stereocenters. The number of fused-ring (bicyclic) bond motifs is 2. The van der Waals surface area contributed by atoms with Crippen molar-refractivity contribution in [3.63, 3.8) is 0 Å². The fourth-order valence-corrected chi connectivity index (χ4v) is 2.98. The van der Waals surface area contributed by atoms with E-state index in [0.717, 1.165) is 28.2 Å². The van der Waals surface area contributed by atoms with E-state index in [-0.39, 0.29) is 0 Å². The Morgan fingerprint density at radius 2 is 1.36 bits per heavy atom. The number of hydrogen-bond donors (Lipinski definition) is 0. The molecule has 0 saturated heterocycles. The van der Waals surface area contributed by atoms with Crippen molar-refractivity contribution in [3.05, 3.63) is 78.6 Å². The summed E-state index contributed by atoms with van der Waals surface area (Å²) < 4.78 is 0. The Balaban J connectivity index is 2.12. The van der Waals surface area contributed by atoms with E-state index in [0.29, 0.717) is 5.69 Å². The molecule has 2 heteroatoms. The van der Waals surface area contributed by atoms with Gasteiger partial charge in [0.05, 0.1) is 0 Å². The molecule has 0 amide bonds. The van der Waals surface area contributed by atoms with Gasteiger partial charge >= 0.3 is 0 Å². The second-order valence-corrected chi connectivity index (χ2v) is 5.25. The number of carbonyl (C=O) groups is 1. The lowest BCUT2D eigenvalue weighted by Crippen LogP contribution is -1.92. The van der Waals surface area contributed by atoms with E-state index in [1.165, 1.54) is 10.8 Å². The zero-order valence-electron chi connectivity index (χ0n) is 11.9. The van der Waals surface area contributed by atoms with Crippen LogP contribution < -0.4 is 0 Å². The molecular formula is C20H13NO. The van der Waals surface area contributed by atoms with E-state index in [2.05, 4.69) is 35.3 Å². The quantitative estimate of drug-likeness (QED) is 0.491. The van der Waals surface area contributed by atoms with E-state index in [4.69, 9.17) is 0 Å². The van der Waals surface area contributed by atoms with Crippen molar-refractivity contribution in [2.24, 2.45) is 0 Å². The van der Waals surface area contributed by atoms with Gasteiger partial charge in [-0.3, -0.25) is 9.78 Å². The van der Waals surface area contributed by atoms with Gasteiger partial charge in [-0.25, -0.2) is 0 Å². The number of pyridine rings is 1. The normalized spacial score (nSPS) is 10.9. The van der Waals surface area contributed by atoms with Crippen LogP contribution in [-0.2, 0) is 0 Å². The first kappa shape index (κ1) is 12.7. The minimum atomic E-state index is 0.486. The second-order valence-electron chi connectivity index (χ2n) is 5.25. The molecule has 0 atom stereocenters. The molecule has 2 nitrogen and oxygen atoms in total. The van der Waals surface area contributed by atoms with Gasteiger partial charge in [0.1, 0.15) is 5.69 Å². The molecule has 104 valence electrons. The highest BCUT2D eigenvalue weighted by molar-refractivity contribution is 6.08. The third kappa shape index (κ3) is 1.89. The Morgan fingerprint density at radius 1 is 0.682 bits per heavy atom. The van der Waals surface area contributed by atoms with Crippen LogP contribution in [0.3, 0.4) is 0 Å².